The number of rotatable bonds is 8. The van der Waals surface area contributed by atoms with Crippen molar-refractivity contribution in [2.24, 2.45) is 0 Å². The van der Waals surface area contributed by atoms with Gasteiger partial charge in [0.25, 0.3) is 0 Å². The topological polar surface area (TPSA) is 25.2 Å². The smallest absolute Gasteiger partial charge is 0.134 e. The molecule has 1 aromatic carbocycles. The van der Waals surface area contributed by atoms with Crippen molar-refractivity contribution in [2.75, 3.05) is 18.1 Å². The van der Waals surface area contributed by atoms with E-state index >= 15 is 0 Å². The normalized spacial score (nSPS) is 12.9. The summed E-state index contributed by atoms with van der Waals surface area (Å²) in [4.78, 5) is 0. The van der Waals surface area contributed by atoms with Crippen LogP contribution >= 0.6 is 11.8 Å². The standard InChI is InChI=1S/C16H23NOS/c1-3-5-10-19-12-14(17-4-2)16-11-13-8-6-7-9-15(13)18-16/h6-9,11,14,17H,3-5,10,12H2,1-2H3. The van der Waals surface area contributed by atoms with Gasteiger partial charge in [0.15, 0.2) is 0 Å². The average Bonchev–Trinajstić information content (AvgIpc) is 2.86. The molecule has 1 unspecified atom stereocenters. The number of thioether (sulfide) groups is 1. The highest BCUT2D eigenvalue weighted by molar-refractivity contribution is 7.99. The van der Waals surface area contributed by atoms with E-state index in [1.807, 2.05) is 23.9 Å². The van der Waals surface area contributed by atoms with E-state index in [1.165, 1.54) is 24.0 Å². The molecule has 1 N–H and O–H groups in total. The molecule has 0 radical (unpaired) electrons. The molecule has 1 heterocycles. The quantitative estimate of drug-likeness (QED) is 0.713. The monoisotopic (exact) mass is 277 g/mol. The van der Waals surface area contributed by atoms with Gasteiger partial charge in [0.1, 0.15) is 11.3 Å². The van der Waals surface area contributed by atoms with Crippen LogP contribution in [0.1, 0.15) is 38.5 Å². The Balaban J connectivity index is 2.04. The third-order valence-corrected chi connectivity index (χ3v) is 4.31. The van der Waals surface area contributed by atoms with Crippen molar-refractivity contribution in [2.45, 2.75) is 32.7 Å². The lowest BCUT2D eigenvalue weighted by Crippen LogP contribution is -2.22. The van der Waals surface area contributed by atoms with Crippen molar-refractivity contribution in [1.29, 1.82) is 0 Å². The minimum Gasteiger partial charge on any atom is -0.459 e. The Hall–Kier alpha value is -0.930. The predicted molar refractivity (Wildman–Crippen MR) is 84.9 cm³/mol. The van der Waals surface area contributed by atoms with Crippen molar-refractivity contribution in [3.8, 4) is 0 Å². The molecule has 2 nitrogen and oxygen atoms in total. The van der Waals surface area contributed by atoms with Gasteiger partial charge in [0.2, 0.25) is 0 Å². The Kier molecular flexibility index (Phi) is 5.80. The molecule has 2 aromatic rings. The summed E-state index contributed by atoms with van der Waals surface area (Å²) in [6.07, 6.45) is 2.56. The van der Waals surface area contributed by atoms with Gasteiger partial charge in [0, 0.05) is 11.1 Å². The van der Waals surface area contributed by atoms with Crippen LogP contribution in [0.5, 0.6) is 0 Å². The maximum absolute atomic E-state index is 5.96. The van der Waals surface area contributed by atoms with E-state index in [2.05, 4.69) is 37.4 Å². The van der Waals surface area contributed by atoms with Crippen LogP contribution < -0.4 is 5.32 Å². The molecular formula is C16H23NOS. The molecule has 19 heavy (non-hydrogen) atoms. The van der Waals surface area contributed by atoms with Gasteiger partial charge < -0.3 is 9.73 Å². The van der Waals surface area contributed by atoms with Crippen LogP contribution in [0.2, 0.25) is 0 Å². The number of fused-ring (bicyclic) bond motifs is 1. The molecule has 0 saturated heterocycles. The number of hydrogen-bond acceptors (Lipinski definition) is 3. The van der Waals surface area contributed by atoms with Gasteiger partial charge >= 0.3 is 0 Å². The minimum absolute atomic E-state index is 0.319. The molecule has 0 aliphatic carbocycles. The van der Waals surface area contributed by atoms with Crippen LogP contribution in [0.15, 0.2) is 34.7 Å². The number of para-hydroxylation sites is 1. The molecule has 2 rings (SSSR count). The van der Waals surface area contributed by atoms with Crippen LogP contribution in [0.4, 0.5) is 0 Å². The van der Waals surface area contributed by atoms with Gasteiger partial charge in [-0.05, 0) is 30.9 Å². The maximum Gasteiger partial charge on any atom is 0.134 e. The minimum atomic E-state index is 0.319. The molecule has 0 aliphatic rings. The summed E-state index contributed by atoms with van der Waals surface area (Å²) < 4.78 is 5.96. The van der Waals surface area contributed by atoms with Crippen LogP contribution in [0.25, 0.3) is 11.0 Å². The van der Waals surface area contributed by atoms with Gasteiger partial charge in [-0.1, -0.05) is 38.5 Å². The summed E-state index contributed by atoms with van der Waals surface area (Å²) in [5.74, 6) is 3.37. The van der Waals surface area contributed by atoms with E-state index in [4.69, 9.17) is 4.42 Å². The second-order valence-electron chi connectivity index (χ2n) is 4.73. The summed E-state index contributed by atoms with van der Waals surface area (Å²) in [7, 11) is 0. The summed E-state index contributed by atoms with van der Waals surface area (Å²) >= 11 is 2.01. The fraction of sp³-hybridized carbons (Fsp3) is 0.500. The van der Waals surface area contributed by atoms with Crippen LogP contribution in [0, 0.1) is 0 Å². The van der Waals surface area contributed by atoms with Gasteiger partial charge in [-0.25, -0.2) is 0 Å². The Labute approximate surface area is 119 Å². The van der Waals surface area contributed by atoms with Crippen molar-refractivity contribution >= 4 is 22.7 Å². The molecule has 0 fully saturated rings. The maximum atomic E-state index is 5.96. The molecule has 1 atom stereocenters. The van der Waals surface area contributed by atoms with Gasteiger partial charge in [-0.15, -0.1) is 0 Å². The summed E-state index contributed by atoms with van der Waals surface area (Å²) in [5.41, 5.74) is 0.985. The largest absolute Gasteiger partial charge is 0.459 e. The number of furan rings is 1. The molecule has 104 valence electrons. The Morgan fingerprint density at radius 3 is 2.84 bits per heavy atom. The first-order chi connectivity index (χ1) is 9.35. The third-order valence-electron chi connectivity index (χ3n) is 3.17. The van der Waals surface area contributed by atoms with E-state index in [0.29, 0.717) is 6.04 Å². The second kappa shape index (κ2) is 7.61. The third kappa shape index (κ3) is 4.02. The Bertz CT molecular complexity index is 461. The zero-order valence-corrected chi connectivity index (χ0v) is 12.6. The number of unbranched alkanes of at least 4 members (excludes halogenated alkanes) is 1. The SMILES string of the molecule is CCCCSCC(NCC)c1cc2ccccc2o1. The van der Waals surface area contributed by atoms with Crippen molar-refractivity contribution in [3.05, 3.63) is 36.1 Å². The fourth-order valence-corrected chi connectivity index (χ4v) is 3.29. The fourth-order valence-electron chi connectivity index (χ4n) is 2.11. The van der Waals surface area contributed by atoms with Gasteiger partial charge in [0.05, 0.1) is 6.04 Å². The van der Waals surface area contributed by atoms with Crippen molar-refractivity contribution < 1.29 is 4.42 Å². The summed E-state index contributed by atoms with van der Waals surface area (Å²) in [5, 5.41) is 4.72. The second-order valence-corrected chi connectivity index (χ2v) is 5.88. The van der Waals surface area contributed by atoms with Gasteiger partial charge in [-0.3, -0.25) is 0 Å². The van der Waals surface area contributed by atoms with E-state index in [-0.39, 0.29) is 0 Å². The average molecular weight is 277 g/mol. The molecule has 1 aromatic heterocycles. The molecule has 0 spiro atoms. The molecule has 3 heteroatoms. The summed E-state index contributed by atoms with van der Waals surface area (Å²) in [6, 6.07) is 10.7. The highest BCUT2D eigenvalue weighted by Crippen LogP contribution is 2.26. The van der Waals surface area contributed by atoms with Gasteiger partial charge in [-0.2, -0.15) is 11.8 Å². The number of benzene rings is 1. The Morgan fingerprint density at radius 1 is 1.26 bits per heavy atom. The zero-order chi connectivity index (χ0) is 13.5. The lowest BCUT2D eigenvalue weighted by atomic mass is 10.2. The molecule has 0 amide bonds. The first-order valence-electron chi connectivity index (χ1n) is 7.14. The lowest BCUT2D eigenvalue weighted by molar-refractivity contribution is 0.464. The van der Waals surface area contributed by atoms with Crippen molar-refractivity contribution in [1.82, 2.24) is 5.32 Å². The van der Waals surface area contributed by atoms with E-state index in [1.54, 1.807) is 0 Å². The first-order valence-corrected chi connectivity index (χ1v) is 8.30. The number of hydrogen-bond donors (Lipinski definition) is 1. The highest BCUT2D eigenvalue weighted by atomic mass is 32.2. The van der Waals surface area contributed by atoms with E-state index in [9.17, 15) is 0 Å². The van der Waals surface area contributed by atoms with Crippen LogP contribution in [0.3, 0.4) is 0 Å². The van der Waals surface area contributed by atoms with E-state index < -0.39 is 0 Å². The molecule has 0 aliphatic heterocycles. The lowest BCUT2D eigenvalue weighted by Gasteiger charge is -2.14. The molecular weight excluding hydrogens is 254 g/mol. The zero-order valence-electron chi connectivity index (χ0n) is 11.8. The molecule has 0 saturated carbocycles. The number of nitrogens with one attached hydrogen (secondary N) is 1. The van der Waals surface area contributed by atoms with Crippen LogP contribution in [-0.2, 0) is 0 Å². The summed E-state index contributed by atoms with van der Waals surface area (Å²) in [6.45, 7) is 5.35. The van der Waals surface area contributed by atoms with Crippen molar-refractivity contribution in [3.63, 3.8) is 0 Å². The van der Waals surface area contributed by atoms with Crippen LogP contribution in [-0.4, -0.2) is 18.1 Å². The predicted octanol–water partition coefficient (Wildman–Crippen LogP) is 4.62. The first kappa shape index (κ1) is 14.5. The highest BCUT2D eigenvalue weighted by Gasteiger charge is 2.15. The Morgan fingerprint density at radius 2 is 2.11 bits per heavy atom. The molecule has 0 bridgehead atoms. The van der Waals surface area contributed by atoms with E-state index in [0.717, 1.165) is 23.6 Å².